The molecule has 0 aliphatic rings. The average molecular weight is 431 g/mol. The molecule has 0 saturated heterocycles. The van der Waals surface area contributed by atoms with E-state index in [1.165, 1.54) is 0 Å². The number of hydrogen-bond acceptors (Lipinski definition) is 6. The van der Waals surface area contributed by atoms with Crippen molar-refractivity contribution in [1.82, 2.24) is 10.3 Å². The quantitative estimate of drug-likeness (QED) is 0.408. The highest BCUT2D eigenvalue weighted by Crippen LogP contribution is 2.25. The van der Waals surface area contributed by atoms with Gasteiger partial charge in [0.2, 0.25) is 0 Å². The lowest BCUT2D eigenvalue weighted by Gasteiger charge is -1.95. The molecule has 0 saturated carbocycles. The van der Waals surface area contributed by atoms with Crippen LogP contribution in [0.1, 0.15) is 29.2 Å². The molecule has 4 aromatic rings. The van der Waals surface area contributed by atoms with Crippen molar-refractivity contribution < 1.29 is 18.9 Å². The van der Waals surface area contributed by atoms with Crippen molar-refractivity contribution in [2.24, 2.45) is 0 Å². The van der Waals surface area contributed by atoms with Crippen LogP contribution < -0.4 is 0 Å². The van der Waals surface area contributed by atoms with Crippen molar-refractivity contribution in [2.75, 3.05) is 0 Å². The number of aromatic nitrogens is 2. The zero-order chi connectivity index (χ0) is 20.8. The Morgan fingerprint density at radius 2 is 1.45 bits per heavy atom. The number of benzene rings is 2. The molecule has 4 rings (SSSR count). The predicted octanol–water partition coefficient (Wildman–Crippen LogP) is 5.86. The lowest BCUT2D eigenvalue weighted by molar-refractivity contribution is 0.111. The van der Waals surface area contributed by atoms with Crippen LogP contribution in [0.5, 0.6) is 0 Å². The van der Waals surface area contributed by atoms with Gasteiger partial charge in [-0.2, -0.15) is 0 Å². The molecule has 2 aromatic carbocycles. The van der Waals surface area contributed by atoms with Crippen molar-refractivity contribution in [1.29, 1.82) is 0 Å². The van der Waals surface area contributed by atoms with Gasteiger partial charge in [0.05, 0.1) is 6.10 Å². The monoisotopic (exact) mass is 430 g/mol. The first-order valence-corrected chi connectivity index (χ1v) is 9.30. The van der Waals surface area contributed by atoms with E-state index in [4.69, 9.17) is 32.2 Å². The number of aliphatic hydroxyl groups is 1. The third-order valence-corrected chi connectivity index (χ3v) is 4.29. The van der Waals surface area contributed by atoms with Gasteiger partial charge in [-0.1, -0.05) is 57.8 Å². The number of halogens is 2. The van der Waals surface area contributed by atoms with Crippen LogP contribution in [0.3, 0.4) is 0 Å². The van der Waals surface area contributed by atoms with E-state index in [0.717, 1.165) is 11.1 Å². The fraction of sp³-hybridized carbons (Fsp3) is 0.0952. The largest absolute Gasteiger partial charge is 0.387 e. The van der Waals surface area contributed by atoms with E-state index in [9.17, 15) is 9.90 Å². The summed E-state index contributed by atoms with van der Waals surface area (Å²) in [4.78, 5) is 10.4. The van der Waals surface area contributed by atoms with Crippen molar-refractivity contribution in [3.8, 4) is 22.6 Å². The van der Waals surface area contributed by atoms with Crippen molar-refractivity contribution in [3.63, 3.8) is 0 Å². The molecule has 0 radical (unpaired) electrons. The molecule has 2 heterocycles. The molecular weight excluding hydrogens is 415 g/mol. The summed E-state index contributed by atoms with van der Waals surface area (Å²) in [5.74, 6) is 1.14. The molecule has 0 aliphatic carbocycles. The summed E-state index contributed by atoms with van der Waals surface area (Å²) in [6.45, 7) is 1.64. The molecule has 0 aliphatic heterocycles. The van der Waals surface area contributed by atoms with Gasteiger partial charge in [-0.25, -0.2) is 0 Å². The van der Waals surface area contributed by atoms with Crippen LogP contribution in [0.15, 0.2) is 69.7 Å². The lowest BCUT2D eigenvalue weighted by Crippen LogP contribution is -1.88. The highest BCUT2D eigenvalue weighted by Gasteiger charge is 2.10. The summed E-state index contributed by atoms with van der Waals surface area (Å²) in [7, 11) is 0. The molecule has 1 unspecified atom stereocenters. The van der Waals surface area contributed by atoms with E-state index >= 15 is 0 Å². The maximum atomic E-state index is 10.4. The van der Waals surface area contributed by atoms with E-state index < -0.39 is 6.10 Å². The number of nitrogens with zero attached hydrogens (tertiary/aromatic N) is 2. The number of aldehydes is 1. The van der Waals surface area contributed by atoms with E-state index in [0.29, 0.717) is 33.5 Å². The van der Waals surface area contributed by atoms with Crippen LogP contribution in [0.2, 0.25) is 10.0 Å². The van der Waals surface area contributed by atoms with Gasteiger partial charge in [-0.3, -0.25) is 4.79 Å². The van der Waals surface area contributed by atoms with Crippen LogP contribution in [0.4, 0.5) is 0 Å². The second-order valence-corrected chi connectivity index (χ2v) is 6.92. The summed E-state index contributed by atoms with van der Waals surface area (Å²) >= 11 is 11.7. The predicted molar refractivity (Wildman–Crippen MR) is 110 cm³/mol. The minimum absolute atomic E-state index is 0.278. The topological polar surface area (TPSA) is 89.4 Å². The van der Waals surface area contributed by atoms with Gasteiger partial charge in [-0.05, 0) is 31.2 Å². The lowest BCUT2D eigenvalue weighted by atomic mass is 10.1. The van der Waals surface area contributed by atoms with Gasteiger partial charge in [0.1, 0.15) is 11.4 Å². The molecule has 2 aromatic heterocycles. The Kier molecular flexibility index (Phi) is 6.82. The Bertz CT molecular complexity index is 1110. The maximum absolute atomic E-state index is 10.4. The SMILES string of the molecule is CC(O)c1cc(-c2cccc(Cl)c2)on1.O=Cc1cc(-c2cccc(Cl)c2)on1. The van der Waals surface area contributed by atoms with Crippen molar-refractivity contribution in [2.45, 2.75) is 13.0 Å². The van der Waals surface area contributed by atoms with Crippen LogP contribution >= 0.6 is 23.2 Å². The standard InChI is InChI=1S/C11H10ClNO2.C10H6ClNO2/c1-7(14)10-6-11(15-13-10)8-3-2-4-9(12)5-8;11-8-3-1-2-7(4-8)10-5-9(6-13)12-14-10/h2-7,14H,1H3;1-6H. The summed E-state index contributed by atoms with van der Waals surface area (Å²) < 4.78 is 10.1. The molecule has 0 amide bonds. The number of carbonyl (C=O) groups excluding carboxylic acids is 1. The van der Waals surface area contributed by atoms with Gasteiger partial charge < -0.3 is 14.2 Å². The second-order valence-electron chi connectivity index (χ2n) is 6.05. The summed E-state index contributed by atoms with van der Waals surface area (Å²) in [5.41, 5.74) is 2.45. The molecule has 148 valence electrons. The normalized spacial score (nSPS) is 11.4. The van der Waals surface area contributed by atoms with Crippen LogP contribution in [0.25, 0.3) is 22.6 Å². The first-order valence-electron chi connectivity index (χ1n) is 8.54. The molecule has 0 spiro atoms. The van der Waals surface area contributed by atoms with Crippen LogP contribution in [0, 0.1) is 0 Å². The number of rotatable bonds is 4. The fourth-order valence-electron chi connectivity index (χ4n) is 2.39. The van der Waals surface area contributed by atoms with E-state index in [2.05, 4.69) is 10.3 Å². The van der Waals surface area contributed by atoms with Crippen LogP contribution in [-0.2, 0) is 0 Å². The van der Waals surface area contributed by atoms with Crippen molar-refractivity contribution >= 4 is 29.5 Å². The van der Waals surface area contributed by atoms with Gasteiger partial charge in [0.25, 0.3) is 0 Å². The fourth-order valence-corrected chi connectivity index (χ4v) is 2.77. The maximum Gasteiger partial charge on any atom is 0.171 e. The Hall–Kier alpha value is -2.93. The number of hydrogen-bond donors (Lipinski definition) is 1. The zero-order valence-corrected chi connectivity index (χ0v) is 16.8. The molecule has 29 heavy (non-hydrogen) atoms. The summed E-state index contributed by atoms with van der Waals surface area (Å²) in [6.07, 6.45) is 0.0130. The summed E-state index contributed by atoms with van der Waals surface area (Å²) in [5, 5.41) is 17.9. The third-order valence-electron chi connectivity index (χ3n) is 3.82. The van der Waals surface area contributed by atoms with Gasteiger partial charge in [-0.15, -0.1) is 0 Å². The Balaban J connectivity index is 0.000000166. The molecule has 8 heteroatoms. The van der Waals surface area contributed by atoms with Gasteiger partial charge in [0.15, 0.2) is 17.8 Å². The minimum atomic E-state index is -0.623. The highest BCUT2D eigenvalue weighted by atomic mass is 35.5. The Morgan fingerprint density at radius 1 is 0.897 bits per heavy atom. The molecule has 0 fully saturated rings. The number of carbonyl (C=O) groups is 1. The molecule has 1 atom stereocenters. The highest BCUT2D eigenvalue weighted by molar-refractivity contribution is 6.31. The molecule has 1 N–H and O–H groups in total. The van der Waals surface area contributed by atoms with Crippen LogP contribution in [-0.4, -0.2) is 21.7 Å². The number of aliphatic hydroxyl groups excluding tert-OH is 1. The first-order chi connectivity index (χ1) is 14.0. The summed E-state index contributed by atoms with van der Waals surface area (Å²) in [6, 6.07) is 17.7. The molecule has 0 bridgehead atoms. The Morgan fingerprint density at radius 3 is 1.90 bits per heavy atom. The minimum Gasteiger partial charge on any atom is -0.387 e. The van der Waals surface area contributed by atoms with Gasteiger partial charge >= 0.3 is 0 Å². The first kappa shape index (κ1) is 20.8. The van der Waals surface area contributed by atoms with Gasteiger partial charge in [0, 0.05) is 33.3 Å². The molecular formula is C21H16Cl2N2O4. The average Bonchev–Trinajstić information content (AvgIpc) is 3.38. The third kappa shape index (κ3) is 5.54. The van der Waals surface area contributed by atoms with E-state index in [1.807, 2.05) is 18.2 Å². The smallest absolute Gasteiger partial charge is 0.171 e. The second kappa shape index (κ2) is 9.52. The van der Waals surface area contributed by atoms with E-state index in [1.54, 1.807) is 49.4 Å². The molecule has 6 nitrogen and oxygen atoms in total. The zero-order valence-electron chi connectivity index (χ0n) is 15.3. The van der Waals surface area contributed by atoms with Crippen molar-refractivity contribution in [3.05, 3.63) is 82.1 Å². The van der Waals surface area contributed by atoms with E-state index in [-0.39, 0.29) is 5.69 Å². The Labute approximate surface area is 176 Å².